The molecule has 0 spiro atoms. The zero-order chi connectivity index (χ0) is 18.8. The second-order valence-corrected chi connectivity index (χ2v) is 7.68. The minimum Gasteiger partial charge on any atom is -0.454 e. The third-order valence-corrected chi connectivity index (χ3v) is 5.13. The first-order chi connectivity index (χ1) is 13.1. The van der Waals surface area contributed by atoms with Crippen molar-refractivity contribution in [2.75, 3.05) is 6.54 Å². The Morgan fingerprint density at radius 3 is 2.74 bits per heavy atom. The lowest BCUT2D eigenvalue weighted by atomic mass is 10.3. The molecule has 2 aliphatic carbocycles. The summed E-state index contributed by atoms with van der Waals surface area (Å²) in [5, 5.41) is 2.94. The van der Waals surface area contributed by atoms with E-state index in [1.807, 2.05) is 29.3 Å². The third-order valence-electron chi connectivity index (χ3n) is 5.13. The van der Waals surface area contributed by atoms with Crippen molar-refractivity contribution in [1.29, 1.82) is 0 Å². The molecule has 0 saturated heterocycles. The fourth-order valence-electron chi connectivity index (χ4n) is 3.31. The Morgan fingerprint density at radius 2 is 2.04 bits per heavy atom. The van der Waals surface area contributed by atoms with E-state index in [0.29, 0.717) is 24.9 Å². The highest BCUT2D eigenvalue weighted by molar-refractivity contribution is 5.91. The van der Waals surface area contributed by atoms with E-state index in [2.05, 4.69) is 16.8 Å². The molecule has 0 atom stereocenters. The standard InChI is InChI=1S/C21H27N3O3/c1-2-11-24(21(26)15-5-6-15)13-17-4-3-12-23(17)14-18-9-10-19(27-18)20(25)22-16-7-8-16/h3-4,9-10,12,15-16H,2,5-8,11,13-14H2,1H3,(H,22,25). The summed E-state index contributed by atoms with van der Waals surface area (Å²) >= 11 is 0. The lowest BCUT2D eigenvalue weighted by molar-refractivity contribution is -0.133. The van der Waals surface area contributed by atoms with Crippen molar-refractivity contribution in [3.8, 4) is 0 Å². The Hall–Kier alpha value is -2.50. The minimum atomic E-state index is -0.138. The van der Waals surface area contributed by atoms with Crippen LogP contribution in [0.3, 0.4) is 0 Å². The van der Waals surface area contributed by atoms with Gasteiger partial charge >= 0.3 is 0 Å². The van der Waals surface area contributed by atoms with Gasteiger partial charge in [-0.15, -0.1) is 0 Å². The Balaban J connectivity index is 1.41. The van der Waals surface area contributed by atoms with Crippen LogP contribution < -0.4 is 5.32 Å². The molecule has 2 aromatic heterocycles. The normalized spacial score (nSPS) is 16.3. The van der Waals surface area contributed by atoms with E-state index in [-0.39, 0.29) is 17.7 Å². The maximum atomic E-state index is 12.5. The number of furan rings is 1. The number of carbonyl (C=O) groups excluding carboxylic acids is 2. The summed E-state index contributed by atoms with van der Waals surface area (Å²) in [6.45, 7) is 4.05. The Morgan fingerprint density at radius 1 is 1.22 bits per heavy atom. The van der Waals surface area contributed by atoms with Crippen molar-refractivity contribution in [2.24, 2.45) is 5.92 Å². The molecule has 2 fully saturated rings. The number of hydrogen-bond donors (Lipinski definition) is 1. The molecule has 0 aromatic carbocycles. The summed E-state index contributed by atoms with van der Waals surface area (Å²) in [5.74, 6) is 1.48. The van der Waals surface area contributed by atoms with Crippen LogP contribution in [0.5, 0.6) is 0 Å². The van der Waals surface area contributed by atoms with E-state index in [0.717, 1.165) is 50.1 Å². The quantitative estimate of drug-likeness (QED) is 0.738. The number of carbonyl (C=O) groups is 2. The van der Waals surface area contributed by atoms with Gasteiger partial charge in [-0.3, -0.25) is 9.59 Å². The number of nitrogens with one attached hydrogen (secondary N) is 1. The van der Waals surface area contributed by atoms with Crippen LogP contribution in [0.2, 0.25) is 0 Å². The van der Waals surface area contributed by atoms with Crippen LogP contribution in [-0.2, 0) is 17.9 Å². The zero-order valence-corrected chi connectivity index (χ0v) is 15.8. The van der Waals surface area contributed by atoms with Gasteiger partial charge in [-0.25, -0.2) is 0 Å². The van der Waals surface area contributed by atoms with Gasteiger partial charge in [0.1, 0.15) is 5.76 Å². The molecule has 0 aliphatic heterocycles. The molecular formula is C21H27N3O3. The maximum Gasteiger partial charge on any atom is 0.287 e. The predicted octanol–water partition coefficient (Wildman–Crippen LogP) is 3.17. The summed E-state index contributed by atoms with van der Waals surface area (Å²) in [6.07, 6.45) is 7.11. The van der Waals surface area contributed by atoms with Gasteiger partial charge in [-0.05, 0) is 56.4 Å². The molecule has 6 nitrogen and oxygen atoms in total. The van der Waals surface area contributed by atoms with E-state index >= 15 is 0 Å². The molecule has 0 bridgehead atoms. The summed E-state index contributed by atoms with van der Waals surface area (Å²) < 4.78 is 7.82. The SMILES string of the molecule is CCCN(Cc1cccn1Cc1ccc(C(=O)NC2CC2)o1)C(=O)C1CC1. The van der Waals surface area contributed by atoms with Crippen molar-refractivity contribution < 1.29 is 14.0 Å². The van der Waals surface area contributed by atoms with Gasteiger partial charge in [0.2, 0.25) is 5.91 Å². The molecular weight excluding hydrogens is 342 g/mol. The van der Waals surface area contributed by atoms with Gasteiger partial charge in [-0.1, -0.05) is 6.92 Å². The first-order valence-corrected chi connectivity index (χ1v) is 9.96. The van der Waals surface area contributed by atoms with Gasteiger partial charge in [0.25, 0.3) is 5.91 Å². The summed E-state index contributed by atoms with van der Waals surface area (Å²) in [6, 6.07) is 7.94. The molecule has 2 saturated carbocycles. The highest BCUT2D eigenvalue weighted by Crippen LogP contribution is 2.31. The van der Waals surface area contributed by atoms with E-state index in [1.54, 1.807) is 6.07 Å². The van der Waals surface area contributed by atoms with E-state index < -0.39 is 0 Å². The molecule has 1 N–H and O–H groups in total. The van der Waals surface area contributed by atoms with Crippen LogP contribution in [0.1, 0.15) is 61.0 Å². The Kier molecular flexibility index (Phi) is 5.05. The maximum absolute atomic E-state index is 12.5. The highest BCUT2D eigenvalue weighted by atomic mass is 16.4. The van der Waals surface area contributed by atoms with Crippen molar-refractivity contribution in [1.82, 2.24) is 14.8 Å². The molecule has 4 rings (SSSR count). The number of hydrogen-bond acceptors (Lipinski definition) is 3. The lowest BCUT2D eigenvalue weighted by Crippen LogP contribution is -2.33. The van der Waals surface area contributed by atoms with Crippen molar-refractivity contribution in [3.63, 3.8) is 0 Å². The molecule has 2 amide bonds. The molecule has 2 heterocycles. The van der Waals surface area contributed by atoms with E-state index in [9.17, 15) is 9.59 Å². The number of rotatable bonds is 9. The molecule has 6 heteroatoms. The van der Waals surface area contributed by atoms with E-state index in [4.69, 9.17) is 4.42 Å². The molecule has 2 aliphatic rings. The van der Waals surface area contributed by atoms with Crippen LogP contribution >= 0.6 is 0 Å². The number of amides is 2. The predicted molar refractivity (Wildman–Crippen MR) is 101 cm³/mol. The average Bonchev–Trinajstić information content (AvgIpc) is 3.58. The van der Waals surface area contributed by atoms with E-state index in [1.165, 1.54) is 0 Å². The second kappa shape index (κ2) is 7.62. The van der Waals surface area contributed by atoms with Crippen molar-refractivity contribution in [2.45, 2.75) is 58.2 Å². The second-order valence-electron chi connectivity index (χ2n) is 7.68. The largest absolute Gasteiger partial charge is 0.454 e. The van der Waals surface area contributed by atoms with Gasteiger partial charge in [0.15, 0.2) is 5.76 Å². The van der Waals surface area contributed by atoms with Gasteiger partial charge in [-0.2, -0.15) is 0 Å². The molecule has 27 heavy (non-hydrogen) atoms. The fraction of sp³-hybridized carbons (Fsp3) is 0.524. The van der Waals surface area contributed by atoms with Crippen LogP contribution in [0.15, 0.2) is 34.9 Å². The molecule has 0 radical (unpaired) electrons. The Bertz CT molecular complexity index is 814. The number of nitrogens with zero attached hydrogens (tertiary/aromatic N) is 2. The van der Waals surface area contributed by atoms with Crippen molar-refractivity contribution in [3.05, 3.63) is 47.7 Å². The summed E-state index contributed by atoms with van der Waals surface area (Å²) in [7, 11) is 0. The van der Waals surface area contributed by atoms with Crippen molar-refractivity contribution >= 4 is 11.8 Å². The smallest absolute Gasteiger partial charge is 0.287 e. The fourth-order valence-corrected chi connectivity index (χ4v) is 3.31. The van der Waals surface area contributed by atoms with Gasteiger partial charge in [0, 0.05) is 30.4 Å². The van der Waals surface area contributed by atoms with Crippen LogP contribution in [0.4, 0.5) is 0 Å². The molecule has 144 valence electrons. The zero-order valence-electron chi connectivity index (χ0n) is 15.8. The molecule has 2 aromatic rings. The Labute approximate surface area is 159 Å². The van der Waals surface area contributed by atoms with Gasteiger partial charge in [0.05, 0.1) is 13.1 Å². The van der Waals surface area contributed by atoms with Crippen LogP contribution in [0, 0.1) is 5.92 Å². The topological polar surface area (TPSA) is 67.5 Å². The van der Waals surface area contributed by atoms with Crippen LogP contribution in [-0.4, -0.2) is 33.9 Å². The first-order valence-electron chi connectivity index (χ1n) is 9.96. The lowest BCUT2D eigenvalue weighted by Gasteiger charge is -2.23. The first kappa shape index (κ1) is 17.9. The third kappa shape index (κ3) is 4.43. The van der Waals surface area contributed by atoms with Gasteiger partial charge < -0.3 is 19.2 Å². The van der Waals surface area contributed by atoms with Crippen LogP contribution in [0.25, 0.3) is 0 Å². The minimum absolute atomic E-state index is 0.138. The monoisotopic (exact) mass is 369 g/mol. The molecule has 0 unspecified atom stereocenters. The average molecular weight is 369 g/mol. The summed E-state index contributed by atoms with van der Waals surface area (Å²) in [4.78, 5) is 26.6. The number of aromatic nitrogens is 1. The summed E-state index contributed by atoms with van der Waals surface area (Å²) in [5.41, 5.74) is 1.08. The highest BCUT2D eigenvalue weighted by Gasteiger charge is 2.33.